The van der Waals surface area contributed by atoms with Gasteiger partial charge in [0.15, 0.2) is 0 Å². The maximum absolute atomic E-state index is 11.4. The largest absolute Gasteiger partial charge is 0.507 e. The van der Waals surface area contributed by atoms with Gasteiger partial charge in [0.1, 0.15) is 5.75 Å². The minimum Gasteiger partial charge on any atom is -0.507 e. The maximum Gasteiger partial charge on any atom is 0.305 e. The summed E-state index contributed by atoms with van der Waals surface area (Å²) in [6.07, 6.45) is 9.84. The molecule has 28 heavy (non-hydrogen) atoms. The first-order valence-electron chi connectivity index (χ1n) is 10.4. The van der Waals surface area contributed by atoms with Gasteiger partial charge in [0.2, 0.25) is 0 Å². The van der Waals surface area contributed by atoms with E-state index in [9.17, 15) is 15.0 Å². The van der Waals surface area contributed by atoms with Gasteiger partial charge in [-0.05, 0) is 53.6 Å². The first-order chi connectivity index (χ1) is 13.5. The van der Waals surface area contributed by atoms with Crippen LogP contribution in [0.25, 0.3) is 0 Å². The predicted molar refractivity (Wildman–Crippen MR) is 116 cm³/mol. The third-order valence-corrected chi connectivity index (χ3v) is 6.36. The Labute approximate surface area is 177 Å². The van der Waals surface area contributed by atoms with Gasteiger partial charge in [-0.15, -0.1) is 0 Å². The molecule has 0 heterocycles. The van der Waals surface area contributed by atoms with Crippen molar-refractivity contribution in [1.29, 1.82) is 0 Å². The highest BCUT2D eigenvalue weighted by molar-refractivity contribution is 9.11. The topological polar surface area (TPSA) is 66.8 Å². The minimum atomic E-state index is -0.397. The van der Waals surface area contributed by atoms with Gasteiger partial charge in [-0.3, -0.25) is 4.79 Å². The van der Waals surface area contributed by atoms with E-state index in [1.54, 1.807) is 0 Å². The SMILES string of the molecule is CCCCCC/C(Br)=C/C1[C@H](O)CC[C@@H]1c1cccc(CCC(=O)OC)c1O. The number of carbonyl (C=O) groups is 1. The molecule has 1 aliphatic carbocycles. The molecule has 0 bridgehead atoms. The molecule has 1 aromatic carbocycles. The van der Waals surface area contributed by atoms with Gasteiger partial charge in [0, 0.05) is 12.3 Å². The lowest BCUT2D eigenvalue weighted by Crippen LogP contribution is -2.16. The van der Waals surface area contributed by atoms with Crippen molar-refractivity contribution in [2.24, 2.45) is 5.92 Å². The van der Waals surface area contributed by atoms with Crippen molar-refractivity contribution in [3.05, 3.63) is 39.9 Å². The lowest BCUT2D eigenvalue weighted by Gasteiger charge is -2.22. The fraction of sp³-hybridized carbons (Fsp3) is 0.609. The second kappa shape index (κ2) is 11.6. The normalized spacial score (nSPS) is 22.4. The van der Waals surface area contributed by atoms with E-state index in [1.165, 1.54) is 26.4 Å². The Hall–Kier alpha value is -1.33. The van der Waals surface area contributed by atoms with Crippen LogP contribution >= 0.6 is 15.9 Å². The summed E-state index contributed by atoms with van der Waals surface area (Å²) in [5.41, 5.74) is 1.62. The van der Waals surface area contributed by atoms with Crippen molar-refractivity contribution < 1.29 is 19.7 Å². The van der Waals surface area contributed by atoms with Crippen molar-refractivity contribution in [1.82, 2.24) is 0 Å². The number of phenolic OH excluding ortho intramolecular Hbond substituents is 1. The van der Waals surface area contributed by atoms with E-state index in [1.807, 2.05) is 18.2 Å². The second-order valence-electron chi connectivity index (χ2n) is 7.68. The number of unbranched alkanes of at least 4 members (excludes halogenated alkanes) is 3. The number of carbonyl (C=O) groups excluding carboxylic acids is 1. The van der Waals surface area contributed by atoms with Crippen LogP contribution in [0.1, 0.15) is 75.3 Å². The summed E-state index contributed by atoms with van der Waals surface area (Å²) in [4.78, 5) is 11.4. The lowest BCUT2D eigenvalue weighted by molar-refractivity contribution is -0.140. The van der Waals surface area contributed by atoms with E-state index in [2.05, 4.69) is 28.9 Å². The minimum absolute atomic E-state index is 0.0118. The summed E-state index contributed by atoms with van der Waals surface area (Å²) < 4.78 is 5.84. The molecule has 1 unspecified atom stereocenters. The molecular formula is C23H33BrO4. The van der Waals surface area contributed by atoms with Crippen LogP contribution < -0.4 is 0 Å². The molecule has 3 atom stereocenters. The third-order valence-electron chi connectivity index (χ3n) is 5.70. The summed E-state index contributed by atoms with van der Waals surface area (Å²) in [7, 11) is 1.37. The van der Waals surface area contributed by atoms with Crippen molar-refractivity contribution in [2.75, 3.05) is 7.11 Å². The Bertz CT molecular complexity index is 671. The van der Waals surface area contributed by atoms with E-state index >= 15 is 0 Å². The van der Waals surface area contributed by atoms with Crippen LogP contribution in [0.4, 0.5) is 0 Å². The molecule has 0 aliphatic heterocycles. The summed E-state index contributed by atoms with van der Waals surface area (Å²) in [6.45, 7) is 2.20. The summed E-state index contributed by atoms with van der Waals surface area (Å²) >= 11 is 3.69. The Morgan fingerprint density at radius 3 is 2.75 bits per heavy atom. The first-order valence-corrected chi connectivity index (χ1v) is 11.2. The zero-order valence-corrected chi connectivity index (χ0v) is 18.6. The van der Waals surface area contributed by atoms with Crippen molar-refractivity contribution in [2.45, 2.75) is 76.7 Å². The van der Waals surface area contributed by atoms with Crippen LogP contribution in [0.15, 0.2) is 28.8 Å². The van der Waals surface area contributed by atoms with Crippen molar-refractivity contribution in [3.8, 4) is 5.75 Å². The molecule has 0 saturated heterocycles. The van der Waals surface area contributed by atoms with Gasteiger partial charge < -0.3 is 14.9 Å². The molecule has 1 aromatic rings. The number of ether oxygens (including phenoxy) is 1. The number of hydrogen-bond donors (Lipinski definition) is 2. The van der Waals surface area contributed by atoms with Crippen LogP contribution in [0, 0.1) is 5.92 Å². The Balaban J connectivity index is 2.13. The number of methoxy groups -OCH3 is 1. The number of halogens is 1. The van der Waals surface area contributed by atoms with Gasteiger partial charge in [-0.2, -0.15) is 0 Å². The van der Waals surface area contributed by atoms with Crippen LogP contribution in [0.3, 0.4) is 0 Å². The molecule has 2 N–H and O–H groups in total. The molecule has 1 saturated carbocycles. The zero-order chi connectivity index (χ0) is 20.5. The Morgan fingerprint density at radius 1 is 1.25 bits per heavy atom. The smallest absolute Gasteiger partial charge is 0.305 e. The summed E-state index contributed by atoms with van der Waals surface area (Å²) in [6, 6.07) is 5.71. The van der Waals surface area contributed by atoms with Crippen LogP contribution in [0.5, 0.6) is 5.75 Å². The van der Waals surface area contributed by atoms with E-state index in [4.69, 9.17) is 4.74 Å². The number of aliphatic hydroxyl groups excluding tert-OH is 1. The number of aliphatic hydroxyl groups is 1. The highest BCUT2D eigenvalue weighted by Gasteiger charge is 2.36. The molecule has 0 aromatic heterocycles. The van der Waals surface area contributed by atoms with Gasteiger partial charge >= 0.3 is 5.97 Å². The van der Waals surface area contributed by atoms with Crippen LogP contribution in [-0.2, 0) is 16.0 Å². The van der Waals surface area contributed by atoms with E-state index in [0.29, 0.717) is 6.42 Å². The molecule has 5 heteroatoms. The highest BCUT2D eigenvalue weighted by atomic mass is 79.9. The Morgan fingerprint density at radius 2 is 2.04 bits per heavy atom. The van der Waals surface area contributed by atoms with E-state index < -0.39 is 6.10 Å². The molecule has 156 valence electrons. The molecular weight excluding hydrogens is 420 g/mol. The number of phenols is 1. The molecule has 0 radical (unpaired) electrons. The zero-order valence-electron chi connectivity index (χ0n) is 17.0. The third kappa shape index (κ3) is 6.35. The number of hydrogen-bond acceptors (Lipinski definition) is 4. The molecule has 0 spiro atoms. The fourth-order valence-electron chi connectivity index (χ4n) is 4.06. The number of benzene rings is 1. The fourth-order valence-corrected chi connectivity index (χ4v) is 4.64. The molecule has 0 amide bonds. The standard InChI is InChI=1S/C23H33BrO4/c1-3-4-5-6-9-17(24)15-20-18(12-13-21(20)25)19-10-7-8-16(23(19)27)11-14-22(26)28-2/h7-8,10,15,18,20-21,25,27H,3-6,9,11-14H2,1-2H3/b17-15-/t18-,20?,21-/m1/s1. The first kappa shape index (κ1) is 23.0. The Kier molecular flexibility index (Phi) is 9.52. The van der Waals surface area contributed by atoms with Crippen molar-refractivity contribution in [3.63, 3.8) is 0 Å². The summed E-state index contributed by atoms with van der Waals surface area (Å²) in [5, 5.41) is 21.3. The second-order valence-corrected chi connectivity index (χ2v) is 8.70. The monoisotopic (exact) mass is 452 g/mol. The maximum atomic E-state index is 11.4. The van der Waals surface area contributed by atoms with E-state index in [0.717, 1.165) is 41.3 Å². The van der Waals surface area contributed by atoms with Crippen molar-refractivity contribution >= 4 is 21.9 Å². The predicted octanol–water partition coefficient (Wildman–Crippen LogP) is 5.60. The molecule has 2 rings (SSSR count). The molecule has 1 fully saturated rings. The number of rotatable bonds is 10. The molecule has 1 aliphatic rings. The van der Waals surface area contributed by atoms with E-state index in [-0.39, 0.29) is 30.0 Å². The number of esters is 1. The highest BCUT2D eigenvalue weighted by Crippen LogP contribution is 2.45. The number of para-hydroxylation sites is 1. The summed E-state index contributed by atoms with van der Waals surface area (Å²) in [5.74, 6) is 0.0375. The van der Waals surface area contributed by atoms with Crippen LogP contribution in [0.2, 0.25) is 0 Å². The molecule has 4 nitrogen and oxygen atoms in total. The average Bonchev–Trinajstić information content (AvgIpc) is 3.04. The van der Waals surface area contributed by atoms with Gasteiger partial charge in [-0.1, -0.05) is 66.4 Å². The average molecular weight is 453 g/mol. The number of allylic oxidation sites excluding steroid dienone is 1. The van der Waals surface area contributed by atoms with Gasteiger partial charge in [0.25, 0.3) is 0 Å². The van der Waals surface area contributed by atoms with Gasteiger partial charge in [-0.25, -0.2) is 0 Å². The van der Waals surface area contributed by atoms with Crippen LogP contribution in [-0.4, -0.2) is 29.4 Å². The lowest BCUT2D eigenvalue weighted by atomic mass is 9.85. The number of aromatic hydroxyl groups is 1. The quantitative estimate of drug-likeness (QED) is 0.358. The van der Waals surface area contributed by atoms with Gasteiger partial charge in [0.05, 0.1) is 13.2 Å². The number of aryl methyl sites for hydroxylation is 1.